The highest BCUT2D eigenvalue weighted by Crippen LogP contribution is 2.33. The van der Waals surface area contributed by atoms with Crippen LogP contribution in [-0.2, 0) is 10.0 Å². The molecule has 1 aliphatic heterocycles. The molecule has 1 aliphatic rings. The van der Waals surface area contributed by atoms with E-state index in [4.69, 9.17) is 11.6 Å². The number of hydrogen-bond acceptors (Lipinski definition) is 3. The molecule has 1 saturated heterocycles. The minimum atomic E-state index is -3.52. The molecule has 0 aliphatic carbocycles. The molecule has 1 atom stereocenters. The van der Waals surface area contributed by atoms with Crippen molar-refractivity contribution in [3.63, 3.8) is 0 Å². The predicted molar refractivity (Wildman–Crippen MR) is 91.1 cm³/mol. The van der Waals surface area contributed by atoms with Crippen LogP contribution in [0.1, 0.15) is 30.7 Å². The van der Waals surface area contributed by atoms with Gasteiger partial charge in [-0.15, -0.1) is 11.3 Å². The summed E-state index contributed by atoms with van der Waals surface area (Å²) in [4.78, 5) is 0. The Morgan fingerprint density at radius 3 is 2.52 bits per heavy atom. The van der Waals surface area contributed by atoms with Gasteiger partial charge in [0.15, 0.2) is 0 Å². The summed E-state index contributed by atoms with van der Waals surface area (Å²) in [6, 6.07) is 9.51. The molecule has 3 rings (SSSR count). The van der Waals surface area contributed by atoms with Crippen LogP contribution >= 0.6 is 22.9 Å². The van der Waals surface area contributed by atoms with E-state index in [2.05, 4.69) is 0 Å². The molecule has 2 aromatic rings. The van der Waals surface area contributed by atoms with Gasteiger partial charge in [-0.1, -0.05) is 30.2 Å². The standard InChI is InChI=1S/C16H17ClFNO2S2/c17-15-8-9-16(22-15)23(20,21)19-10-2-1-3-13(11-19)12-4-6-14(18)7-5-12/h4-9,13H,1-3,10-11H2. The molecule has 1 aromatic heterocycles. The number of halogens is 2. The molecule has 1 aromatic carbocycles. The van der Waals surface area contributed by atoms with Crippen LogP contribution in [0.25, 0.3) is 0 Å². The number of benzene rings is 1. The van der Waals surface area contributed by atoms with Crippen LogP contribution in [0.2, 0.25) is 4.34 Å². The summed E-state index contributed by atoms with van der Waals surface area (Å²) >= 11 is 6.96. The minimum Gasteiger partial charge on any atom is -0.207 e. The van der Waals surface area contributed by atoms with E-state index in [1.165, 1.54) is 16.4 Å². The molecule has 0 spiro atoms. The zero-order chi connectivity index (χ0) is 16.4. The maximum Gasteiger partial charge on any atom is 0.252 e. The number of rotatable bonds is 3. The zero-order valence-corrected chi connectivity index (χ0v) is 14.8. The van der Waals surface area contributed by atoms with Gasteiger partial charge in [0.2, 0.25) is 0 Å². The Hall–Kier alpha value is -0.950. The van der Waals surface area contributed by atoms with Crippen LogP contribution < -0.4 is 0 Å². The Morgan fingerprint density at radius 2 is 1.87 bits per heavy atom. The molecule has 124 valence electrons. The Balaban J connectivity index is 1.86. The van der Waals surface area contributed by atoms with Crippen molar-refractivity contribution in [2.24, 2.45) is 0 Å². The van der Waals surface area contributed by atoms with E-state index in [1.807, 2.05) is 0 Å². The van der Waals surface area contributed by atoms with Gasteiger partial charge in [-0.2, -0.15) is 4.31 Å². The summed E-state index contributed by atoms with van der Waals surface area (Å²) in [5, 5.41) is 0. The molecule has 0 radical (unpaired) electrons. The SMILES string of the molecule is O=S(=O)(c1ccc(Cl)s1)N1CCCCC(c2ccc(F)cc2)C1. The smallest absolute Gasteiger partial charge is 0.207 e. The van der Waals surface area contributed by atoms with Crippen molar-refractivity contribution < 1.29 is 12.8 Å². The lowest BCUT2D eigenvalue weighted by Crippen LogP contribution is -2.33. The second-order valence-corrected chi connectivity index (χ2v) is 9.55. The molecule has 0 bridgehead atoms. The Kier molecular flexibility index (Phi) is 5.06. The van der Waals surface area contributed by atoms with Crippen LogP contribution in [0.3, 0.4) is 0 Å². The molecule has 0 saturated carbocycles. The van der Waals surface area contributed by atoms with Crippen LogP contribution in [0.15, 0.2) is 40.6 Å². The average molecular weight is 374 g/mol. The Labute approximate surface area is 144 Å². The maximum absolute atomic E-state index is 13.1. The normalized spacial score (nSPS) is 20.3. The lowest BCUT2D eigenvalue weighted by molar-refractivity contribution is 0.407. The van der Waals surface area contributed by atoms with Gasteiger partial charge in [-0.25, -0.2) is 12.8 Å². The number of hydrogen-bond donors (Lipinski definition) is 0. The van der Waals surface area contributed by atoms with E-state index < -0.39 is 10.0 Å². The molecule has 3 nitrogen and oxygen atoms in total. The fourth-order valence-corrected chi connectivity index (χ4v) is 6.06. The first-order valence-electron chi connectivity index (χ1n) is 7.48. The molecular weight excluding hydrogens is 357 g/mol. The quantitative estimate of drug-likeness (QED) is 0.794. The van der Waals surface area contributed by atoms with Crippen LogP contribution in [0, 0.1) is 5.82 Å². The summed E-state index contributed by atoms with van der Waals surface area (Å²) in [6.07, 6.45) is 2.69. The predicted octanol–water partition coefficient (Wildman–Crippen LogP) is 4.50. The topological polar surface area (TPSA) is 37.4 Å². The van der Waals surface area contributed by atoms with E-state index >= 15 is 0 Å². The summed E-state index contributed by atoms with van der Waals surface area (Å²) in [7, 11) is -3.52. The lowest BCUT2D eigenvalue weighted by Gasteiger charge is -2.23. The maximum atomic E-state index is 13.1. The molecule has 23 heavy (non-hydrogen) atoms. The highest BCUT2D eigenvalue weighted by molar-refractivity contribution is 7.91. The highest BCUT2D eigenvalue weighted by atomic mass is 35.5. The van der Waals surface area contributed by atoms with Crippen molar-refractivity contribution in [1.82, 2.24) is 4.31 Å². The minimum absolute atomic E-state index is 0.0864. The highest BCUT2D eigenvalue weighted by Gasteiger charge is 2.30. The largest absolute Gasteiger partial charge is 0.252 e. The first-order chi connectivity index (χ1) is 11.0. The third-order valence-electron chi connectivity index (χ3n) is 4.12. The van der Waals surface area contributed by atoms with Crippen LogP contribution in [-0.4, -0.2) is 25.8 Å². The van der Waals surface area contributed by atoms with Crippen molar-refractivity contribution in [3.05, 3.63) is 52.1 Å². The first-order valence-corrected chi connectivity index (χ1v) is 10.1. The van der Waals surface area contributed by atoms with Crippen molar-refractivity contribution in [3.8, 4) is 0 Å². The fraction of sp³-hybridized carbons (Fsp3) is 0.375. The van der Waals surface area contributed by atoms with Gasteiger partial charge in [-0.3, -0.25) is 0 Å². The van der Waals surface area contributed by atoms with Crippen molar-refractivity contribution in [2.75, 3.05) is 13.1 Å². The Bertz CT molecular complexity index is 774. The van der Waals surface area contributed by atoms with Gasteiger partial charge in [-0.05, 0) is 48.6 Å². The Morgan fingerprint density at radius 1 is 1.13 bits per heavy atom. The second-order valence-electron chi connectivity index (χ2n) is 5.67. The van der Waals surface area contributed by atoms with E-state index in [0.717, 1.165) is 36.2 Å². The van der Waals surface area contributed by atoms with E-state index in [0.29, 0.717) is 17.4 Å². The van der Waals surface area contributed by atoms with E-state index in [-0.39, 0.29) is 15.9 Å². The third-order valence-corrected chi connectivity index (χ3v) is 7.68. The number of nitrogens with zero attached hydrogens (tertiary/aromatic N) is 1. The van der Waals surface area contributed by atoms with Crippen LogP contribution in [0.4, 0.5) is 4.39 Å². The molecular formula is C16H17ClFNO2S2. The first kappa shape index (κ1) is 16.9. The monoisotopic (exact) mass is 373 g/mol. The van der Waals surface area contributed by atoms with Crippen LogP contribution in [0.5, 0.6) is 0 Å². The summed E-state index contributed by atoms with van der Waals surface area (Å²) in [6.45, 7) is 0.930. The fourth-order valence-electron chi connectivity index (χ4n) is 2.90. The molecule has 0 N–H and O–H groups in total. The van der Waals surface area contributed by atoms with E-state index in [1.54, 1.807) is 24.3 Å². The molecule has 7 heteroatoms. The average Bonchev–Trinajstić information content (AvgIpc) is 2.82. The van der Waals surface area contributed by atoms with Crippen molar-refractivity contribution in [1.29, 1.82) is 0 Å². The number of thiophene rings is 1. The van der Waals surface area contributed by atoms with Gasteiger partial charge in [0.25, 0.3) is 10.0 Å². The van der Waals surface area contributed by atoms with E-state index in [9.17, 15) is 12.8 Å². The number of sulfonamides is 1. The van der Waals surface area contributed by atoms with Gasteiger partial charge in [0.1, 0.15) is 10.0 Å². The van der Waals surface area contributed by atoms with Gasteiger partial charge in [0.05, 0.1) is 4.34 Å². The van der Waals surface area contributed by atoms with Gasteiger partial charge < -0.3 is 0 Å². The molecule has 0 amide bonds. The van der Waals surface area contributed by atoms with Gasteiger partial charge >= 0.3 is 0 Å². The van der Waals surface area contributed by atoms with Crippen molar-refractivity contribution in [2.45, 2.75) is 29.4 Å². The molecule has 1 fully saturated rings. The summed E-state index contributed by atoms with van der Waals surface area (Å²) in [5.41, 5.74) is 0.984. The zero-order valence-electron chi connectivity index (χ0n) is 12.4. The third kappa shape index (κ3) is 3.76. The second kappa shape index (κ2) is 6.89. The lowest BCUT2D eigenvalue weighted by atomic mass is 9.95. The summed E-state index contributed by atoms with van der Waals surface area (Å²) < 4.78 is 41.0. The molecule has 1 unspecified atom stereocenters. The van der Waals surface area contributed by atoms with Crippen molar-refractivity contribution >= 4 is 33.0 Å². The summed E-state index contributed by atoms with van der Waals surface area (Å²) in [5.74, 6) is -0.191. The molecule has 2 heterocycles. The van der Waals surface area contributed by atoms with Gasteiger partial charge in [0, 0.05) is 13.1 Å².